The molecule has 0 aliphatic carbocycles. The third-order valence-corrected chi connectivity index (χ3v) is 3.33. The standard InChI is InChI=1S/C12H16F2OS/c1-3-16-7-6-10(15)11-9(13)5-4-8(2)12(11)14/h4-5,10,15H,3,6-7H2,1-2H3. The lowest BCUT2D eigenvalue weighted by Gasteiger charge is -2.13. The monoisotopic (exact) mass is 246 g/mol. The summed E-state index contributed by atoms with van der Waals surface area (Å²) in [6, 6.07) is 2.58. The second kappa shape index (κ2) is 6.21. The summed E-state index contributed by atoms with van der Waals surface area (Å²) in [5, 5.41) is 9.74. The van der Waals surface area contributed by atoms with E-state index in [0.717, 1.165) is 5.75 Å². The molecule has 0 aliphatic heterocycles. The molecule has 0 amide bonds. The molecule has 1 aromatic rings. The largest absolute Gasteiger partial charge is 0.388 e. The van der Waals surface area contributed by atoms with Crippen molar-refractivity contribution in [3.63, 3.8) is 0 Å². The summed E-state index contributed by atoms with van der Waals surface area (Å²) in [6.45, 7) is 3.57. The SMILES string of the molecule is CCSCCC(O)c1c(F)ccc(C)c1F. The molecule has 0 heterocycles. The number of rotatable bonds is 5. The Labute approximate surface area is 98.9 Å². The van der Waals surface area contributed by atoms with Crippen molar-refractivity contribution in [3.05, 3.63) is 34.9 Å². The van der Waals surface area contributed by atoms with E-state index in [0.29, 0.717) is 17.7 Å². The first kappa shape index (κ1) is 13.5. The van der Waals surface area contributed by atoms with Crippen LogP contribution in [0.25, 0.3) is 0 Å². The van der Waals surface area contributed by atoms with Gasteiger partial charge in [0.25, 0.3) is 0 Å². The van der Waals surface area contributed by atoms with Crippen LogP contribution in [-0.2, 0) is 0 Å². The van der Waals surface area contributed by atoms with Gasteiger partial charge in [-0.3, -0.25) is 0 Å². The predicted molar refractivity (Wildman–Crippen MR) is 63.7 cm³/mol. The van der Waals surface area contributed by atoms with Crippen LogP contribution >= 0.6 is 11.8 Å². The van der Waals surface area contributed by atoms with Gasteiger partial charge in [-0.2, -0.15) is 11.8 Å². The molecule has 0 aliphatic rings. The molecule has 1 aromatic carbocycles. The Bertz CT molecular complexity index is 355. The predicted octanol–water partition coefficient (Wildman–Crippen LogP) is 3.45. The highest BCUT2D eigenvalue weighted by Crippen LogP contribution is 2.26. The fourth-order valence-corrected chi connectivity index (χ4v) is 2.15. The average molecular weight is 246 g/mol. The highest BCUT2D eigenvalue weighted by Gasteiger charge is 2.18. The highest BCUT2D eigenvalue weighted by molar-refractivity contribution is 7.99. The maximum absolute atomic E-state index is 13.6. The van der Waals surface area contributed by atoms with E-state index < -0.39 is 17.7 Å². The molecule has 0 radical (unpaired) electrons. The third kappa shape index (κ3) is 3.19. The van der Waals surface area contributed by atoms with Crippen LogP contribution in [0.4, 0.5) is 8.78 Å². The van der Waals surface area contributed by atoms with Crippen LogP contribution in [0.1, 0.15) is 30.6 Å². The van der Waals surface area contributed by atoms with Crippen LogP contribution in [-0.4, -0.2) is 16.6 Å². The Balaban J connectivity index is 2.81. The topological polar surface area (TPSA) is 20.2 Å². The van der Waals surface area contributed by atoms with E-state index in [4.69, 9.17) is 0 Å². The van der Waals surface area contributed by atoms with Gasteiger partial charge in [0.05, 0.1) is 11.7 Å². The van der Waals surface area contributed by atoms with E-state index in [9.17, 15) is 13.9 Å². The summed E-state index contributed by atoms with van der Waals surface area (Å²) < 4.78 is 27.0. The molecule has 0 saturated carbocycles. The maximum atomic E-state index is 13.6. The first-order valence-electron chi connectivity index (χ1n) is 5.28. The van der Waals surface area contributed by atoms with Crippen molar-refractivity contribution in [1.29, 1.82) is 0 Å². The van der Waals surface area contributed by atoms with Crippen molar-refractivity contribution in [2.24, 2.45) is 0 Å². The van der Waals surface area contributed by atoms with Gasteiger partial charge in [-0.15, -0.1) is 0 Å². The number of thioether (sulfide) groups is 1. The van der Waals surface area contributed by atoms with E-state index in [-0.39, 0.29) is 5.56 Å². The second-order valence-electron chi connectivity index (χ2n) is 3.59. The van der Waals surface area contributed by atoms with Crippen LogP contribution in [0.15, 0.2) is 12.1 Å². The molecule has 1 N–H and O–H groups in total. The molecule has 0 saturated heterocycles. The highest BCUT2D eigenvalue weighted by atomic mass is 32.2. The van der Waals surface area contributed by atoms with Gasteiger partial charge in [0.1, 0.15) is 11.6 Å². The van der Waals surface area contributed by atoms with Gasteiger partial charge >= 0.3 is 0 Å². The van der Waals surface area contributed by atoms with Gasteiger partial charge in [0.2, 0.25) is 0 Å². The minimum Gasteiger partial charge on any atom is -0.388 e. The molecule has 1 rings (SSSR count). The summed E-state index contributed by atoms with van der Waals surface area (Å²) in [7, 11) is 0. The van der Waals surface area contributed by atoms with Gasteiger partial charge in [0.15, 0.2) is 0 Å². The normalized spacial score (nSPS) is 12.8. The Kier molecular flexibility index (Phi) is 5.22. The van der Waals surface area contributed by atoms with Crippen LogP contribution < -0.4 is 0 Å². The quantitative estimate of drug-likeness (QED) is 0.803. The van der Waals surface area contributed by atoms with Crippen molar-refractivity contribution in [2.75, 3.05) is 11.5 Å². The van der Waals surface area contributed by atoms with E-state index in [1.807, 2.05) is 6.92 Å². The number of halogens is 2. The molecule has 0 aromatic heterocycles. The van der Waals surface area contributed by atoms with Crippen LogP contribution in [0.5, 0.6) is 0 Å². The molecule has 16 heavy (non-hydrogen) atoms. The van der Waals surface area contributed by atoms with E-state index in [1.54, 1.807) is 18.7 Å². The number of benzene rings is 1. The fraction of sp³-hybridized carbons (Fsp3) is 0.500. The first-order valence-corrected chi connectivity index (χ1v) is 6.43. The Morgan fingerprint density at radius 2 is 2.06 bits per heavy atom. The number of aliphatic hydroxyl groups excluding tert-OH is 1. The van der Waals surface area contributed by atoms with Crippen molar-refractivity contribution in [3.8, 4) is 0 Å². The summed E-state index contributed by atoms with van der Waals surface area (Å²) >= 11 is 1.64. The Morgan fingerprint density at radius 1 is 1.38 bits per heavy atom. The average Bonchev–Trinajstić information content (AvgIpc) is 2.24. The van der Waals surface area contributed by atoms with E-state index >= 15 is 0 Å². The van der Waals surface area contributed by atoms with E-state index in [2.05, 4.69) is 0 Å². The molecule has 0 fully saturated rings. The molecule has 1 unspecified atom stereocenters. The van der Waals surface area contributed by atoms with Gasteiger partial charge in [0, 0.05) is 0 Å². The third-order valence-electron chi connectivity index (χ3n) is 2.39. The van der Waals surface area contributed by atoms with Crippen molar-refractivity contribution >= 4 is 11.8 Å². The molecule has 1 nitrogen and oxygen atoms in total. The lowest BCUT2D eigenvalue weighted by Crippen LogP contribution is -2.06. The number of aryl methyl sites for hydroxylation is 1. The van der Waals surface area contributed by atoms with Gasteiger partial charge in [-0.05, 0) is 36.5 Å². The molecule has 4 heteroatoms. The molecular weight excluding hydrogens is 230 g/mol. The summed E-state index contributed by atoms with van der Waals surface area (Å²) in [5.41, 5.74) is 0.162. The Hall–Kier alpha value is -0.610. The molecule has 90 valence electrons. The zero-order valence-electron chi connectivity index (χ0n) is 9.46. The van der Waals surface area contributed by atoms with Crippen LogP contribution in [0.3, 0.4) is 0 Å². The van der Waals surface area contributed by atoms with Gasteiger partial charge in [-0.1, -0.05) is 13.0 Å². The summed E-state index contributed by atoms with van der Waals surface area (Å²) in [4.78, 5) is 0. The van der Waals surface area contributed by atoms with Gasteiger partial charge in [-0.25, -0.2) is 8.78 Å². The lowest BCUT2D eigenvalue weighted by atomic mass is 10.0. The molecule has 0 bridgehead atoms. The second-order valence-corrected chi connectivity index (χ2v) is 4.99. The maximum Gasteiger partial charge on any atom is 0.134 e. The van der Waals surface area contributed by atoms with Crippen molar-refractivity contribution in [1.82, 2.24) is 0 Å². The minimum absolute atomic E-state index is 0.197. The smallest absolute Gasteiger partial charge is 0.134 e. The van der Waals surface area contributed by atoms with Crippen molar-refractivity contribution < 1.29 is 13.9 Å². The summed E-state index contributed by atoms with van der Waals surface area (Å²) in [6.07, 6.45) is -0.686. The van der Waals surface area contributed by atoms with Gasteiger partial charge < -0.3 is 5.11 Å². The number of hydrogen-bond donors (Lipinski definition) is 1. The molecule has 1 atom stereocenters. The molecular formula is C12H16F2OS. The van der Waals surface area contributed by atoms with E-state index in [1.165, 1.54) is 12.1 Å². The van der Waals surface area contributed by atoms with Crippen LogP contribution in [0, 0.1) is 18.6 Å². The Morgan fingerprint density at radius 3 is 2.69 bits per heavy atom. The zero-order chi connectivity index (χ0) is 12.1. The number of hydrogen-bond acceptors (Lipinski definition) is 2. The lowest BCUT2D eigenvalue weighted by molar-refractivity contribution is 0.165. The minimum atomic E-state index is -1.06. The first-order chi connectivity index (χ1) is 7.57. The van der Waals surface area contributed by atoms with Crippen LogP contribution in [0.2, 0.25) is 0 Å². The number of aliphatic hydroxyl groups is 1. The molecule has 0 spiro atoms. The van der Waals surface area contributed by atoms with Crippen molar-refractivity contribution in [2.45, 2.75) is 26.4 Å². The summed E-state index contributed by atoms with van der Waals surface area (Å²) in [5.74, 6) is 0.335. The fourth-order valence-electron chi connectivity index (χ4n) is 1.47. The zero-order valence-corrected chi connectivity index (χ0v) is 10.3.